The first-order valence-corrected chi connectivity index (χ1v) is 17.8. The highest BCUT2D eigenvalue weighted by Gasteiger charge is 2.25. The molecule has 0 aromatic heterocycles. The Morgan fingerprint density at radius 1 is 0.327 bits per heavy atom. The largest absolute Gasteiger partial charge is 0.455 e. The number of fused-ring (bicyclic) bond motifs is 8. The van der Waals surface area contributed by atoms with E-state index in [1.165, 1.54) is 38.6 Å². The van der Waals surface area contributed by atoms with E-state index in [1.807, 2.05) is 0 Å². The van der Waals surface area contributed by atoms with Gasteiger partial charge in [0.1, 0.15) is 11.5 Å². The predicted octanol–water partition coefficient (Wildman–Crippen LogP) is 14.2. The zero-order valence-corrected chi connectivity index (χ0v) is 28.4. The highest BCUT2D eigenvalue weighted by molar-refractivity contribution is 6.09. The SMILES string of the molecule is c1ccc(-c2ccc(N(c3cccc4ccccc34)c3cccc4c5c(ccc34)-c3ccccc3-c3cc(-c4ccccc4)ccc3O5)cc2)cc1. The average Bonchev–Trinajstić information content (AvgIpc) is 3.36. The lowest BCUT2D eigenvalue weighted by molar-refractivity contribution is 0.493. The normalized spacial score (nSPS) is 11.6. The topological polar surface area (TPSA) is 12.5 Å². The van der Waals surface area contributed by atoms with Gasteiger partial charge in [0.2, 0.25) is 0 Å². The van der Waals surface area contributed by atoms with E-state index in [-0.39, 0.29) is 0 Å². The summed E-state index contributed by atoms with van der Waals surface area (Å²) < 4.78 is 7.05. The third kappa shape index (κ3) is 5.04. The molecule has 1 aliphatic rings. The molecule has 0 fully saturated rings. The molecule has 0 atom stereocenters. The van der Waals surface area contributed by atoms with E-state index in [4.69, 9.17) is 4.74 Å². The second-order valence-corrected chi connectivity index (χ2v) is 13.3. The molecule has 244 valence electrons. The van der Waals surface area contributed by atoms with Crippen molar-refractivity contribution in [1.82, 2.24) is 0 Å². The van der Waals surface area contributed by atoms with Crippen LogP contribution >= 0.6 is 0 Å². The van der Waals surface area contributed by atoms with Crippen molar-refractivity contribution in [3.8, 4) is 56.0 Å². The van der Waals surface area contributed by atoms with E-state index >= 15 is 0 Å². The Bertz CT molecular complexity index is 2750. The van der Waals surface area contributed by atoms with Gasteiger partial charge in [0.25, 0.3) is 0 Å². The predicted molar refractivity (Wildman–Crippen MR) is 218 cm³/mol. The average molecular weight is 664 g/mol. The van der Waals surface area contributed by atoms with Gasteiger partial charge in [-0.1, -0.05) is 158 Å². The summed E-state index contributed by atoms with van der Waals surface area (Å²) in [6, 6.07) is 71.5. The van der Waals surface area contributed by atoms with Crippen LogP contribution < -0.4 is 9.64 Å². The van der Waals surface area contributed by atoms with Crippen molar-refractivity contribution in [1.29, 1.82) is 0 Å². The third-order valence-electron chi connectivity index (χ3n) is 10.3. The van der Waals surface area contributed by atoms with Crippen molar-refractivity contribution in [3.63, 3.8) is 0 Å². The van der Waals surface area contributed by atoms with E-state index in [2.05, 4.69) is 205 Å². The van der Waals surface area contributed by atoms with Crippen molar-refractivity contribution < 1.29 is 4.74 Å². The van der Waals surface area contributed by atoms with Crippen LogP contribution in [-0.2, 0) is 0 Å². The molecule has 2 heteroatoms. The van der Waals surface area contributed by atoms with Crippen LogP contribution in [-0.4, -0.2) is 0 Å². The maximum absolute atomic E-state index is 7.05. The fraction of sp³-hybridized carbons (Fsp3) is 0. The summed E-state index contributed by atoms with van der Waals surface area (Å²) in [5.74, 6) is 1.72. The fourth-order valence-corrected chi connectivity index (χ4v) is 7.78. The molecule has 0 N–H and O–H groups in total. The van der Waals surface area contributed by atoms with E-state index in [0.717, 1.165) is 56.0 Å². The molecular formula is C50H33NO. The highest BCUT2D eigenvalue weighted by atomic mass is 16.5. The number of hydrogen-bond acceptors (Lipinski definition) is 2. The Balaban J connectivity index is 1.18. The minimum Gasteiger partial charge on any atom is -0.455 e. The van der Waals surface area contributed by atoms with E-state index in [1.54, 1.807) is 0 Å². The molecule has 9 aromatic rings. The maximum Gasteiger partial charge on any atom is 0.143 e. The maximum atomic E-state index is 7.05. The minimum atomic E-state index is 0.853. The molecule has 0 aliphatic carbocycles. The summed E-state index contributed by atoms with van der Waals surface area (Å²) in [5.41, 5.74) is 12.5. The quantitative estimate of drug-likeness (QED) is 0.182. The van der Waals surface area contributed by atoms with Crippen molar-refractivity contribution >= 4 is 38.6 Å². The van der Waals surface area contributed by atoms with Gasteiger partial charge in [-0.3, -0.25) is 0 Å². The van der Waals surface area contributed by atoms with Crippen molar-refractivity contribution in [3.05, 3.63) is 200 Å². The van der Waals surface area contributed by atoms with Crippen LogP contribution in [0.4, 0.5) is 17.1 Å². The van der Waals surface area contributed by atoms with Crippen LogP contribution in [0.15, 0.2) is 200 Å². The number of nitrogens with zero attached hydrogens (tertiary/aromatic N) is 1. The Morgan fingerprint density at radius 2 is 0.885 bits per heavy atom. The summed E-state index contributed by atoms with van der Waals surface area (Å²) in [6.07, 6.45) is 0. The molecule has 0 saturated heterocycles. The zero-order valence-electron chi connectivity index (χ0n) is 28.4. The second-order valence-electron chi connectivity index (χ2n) is 13.3. The van der Waals surface area contributed by atoms with Crippen molar-refractivity contribution in [2.24, 2.45) is 0 Å². The zero-order chi connectivity index (χ0) is 34.4. The molecule has 0 unspecified atom stereocenters. The van der Waals surface area contributed by atoms with Crippen LogP contribution in [0.5, 0.6) is 11.5 Å². The van der Waals surface area contributed by atoms with Crippen LogP contribution in [0, 0.1) is 0 Å². The molecule has 0 amide bonds. The van der Waals surface area contributed by atoms with Gasteiger partial charge in [-0.05, 0) is 81.2 Å². The number of ether oxygens (including phenoxy) is 1. The lowest BCUT2D eigenvalue weighted by Gasteiger charge is -2.28. The number of benzene rings is 9. The van der Waals surface area contributed by atoms with Crippen LogP contribution in [0.25, 0.3) is 66.1 Å². The van der Waals surface area contributed by atoms with Gasteiger partial charge in [-0.2, -0.15) is 0 Å². The standard InChI is InChI=1S/C50H33NO/c1-3-13-34(14-4-1)36-25-28-39(29-26-36)51(47-23-11-18-37-17-7-8-19-40(37)47)48-24-12-22-44-43(48)30-31-45-41-20-9-10-21-42(41)46-33-38(35-15-5-2-6-16-35)27-32-49(46)52-50(44)45/h1-33H. The van der Waals surface area contributed by atoms with Gasteiger partial charge in [-0.15, -0.1) is 0 Å². The summed E-state index contributed by atoms with van der Waals surface area (Å²) >= 11 is 0. The number of anilines is 3. The first kappa shape index (κ1) is 30.0. The highest BCUT2D eigenvalue weighted by Crippen LogP contribution is 2.52. The molecule has 0 radical (unpaired) electrons. The molecule has 1 aliphatic heterocycles. The molecule has 0 saturated carbocycles. The number of hydrogen-bond donors (Lipinski definition) is 0. The summed E-state index contributed by atoms with van der Waals surface area (Å²) in [6.45, 7) is 0. The van der Waals surface area contributed by atoms with E-state index in [0.29, 0.717) is 0 Å². The molecular weight excluding hydrogens is 631 g/mol. The summed E-state index contributed by atoms with van der Waals surface area (Å²) in [7, 11) is 0. The summed E-state index contributed by atoms with van der Waals surface area (Å²) in [4.78, 5) is 2.40. The molecule has 52 heavy (non-hydrogen) atoms. The first-order valence-electron chi connectivity index (χ1n) is 17.8. The Kier molecular flexibility index (Phi) is 7.18. The van der Waals surface area contributed by atoms with Crippen LogP contribution in [0.1, 0.15) is 0 Å². The lowest BCUT2D eigenvalue weighted by atomic mass is 9.91. The van der Waals surface area contributed by atoms with Gasteiger partial charge < -0.3 is 9.64 Å². The Labute approximate surface area is 303 Å². The van der Waals surface area contributed by atoms with Gasteiger partial charge in [-0.25, -0.2) is 0 Å². The Morgan fingerprint density at radius 3 is 1.65 bits per heavy atom. The lowest BCUT2D eigenvalue weighted by Crippen LogP contribution is -2.11. The first-order chi connectivity index (χ1) is 25.8. The molecule has 10 rings (SSSR count). The minimum absolute atomic E-state index is 0.853. The molecule has 1 heterocycles. The van der Waals surface area contributed by atoms with Crippen LogP contribution in [0.2, 0.25) is 0 Å². The van der Waals surface area contributed by atoms with Gasteiger partial charge in [0.05, 0.1) is 11.4 Å². The van der Waals surface area contributed by atoms with E-state index in [9.17, 15) is 0 Å². The molecule has 0 spiro atoms. The van der Waals surface area contributed by atoms with Gasteiger partial charge in [0.15, 0.2) is 0 Å². The van der Waals surface area contributed by atoms with Gasteiger partial charge in [0, 0.05) is 33.0 Å². The molecule has 2 nitrogen and oxygen atoms in total. The summed E-state index contributed by atoms with van der Waals surface area (Å²) in [5, 5.41) is 4.57. The monoisotopic (exact) mass is 663 g/mol. The fourth-order valence-electron chi connectivity index (χ4n) is 7.78. The van der Waals surface area contributed by atoms with E-state index < -0.39 is 0 Å². The van der Waals surface area contributed by atoms with Gasteiger partial charge >= 0.3 is 0 Å². The molecule has 0 bridgehead atoms. The number of rotatable bonds is 5. The van der Waals surface area contributed by atoms with Crippen LogP contribution in [0.3, 0.4) is 0 Å². The van der Waals surface area contributed by atoms with Crippen molar-refractivity contribution in [2.45, 2.75) is 0 Å². The third-order valence-corrected chi connectivity index (χ3v) is 10.3. The second kappa shape index (κ2) is 12.5. The van der Waals surface area contributed by atoms with Crippen molar-refractivity contribution in [2.75, 3.05) is 4.90 Å². The Hall–Kier alpha value is -6.90. The smallest absolute Gasteiger partial charge is 0.143 e. The molecule has 9 aromatic carbocycles.